The number of piperazine rings is 3. The molecule has 0 radical (unpaired) electrons. The molecule has 0 aromatic heterocycles. The molecule has 3 rings (SSSR count). The highest BCUT2D eigenvalue weighted by Crippen LogP contribution is 2.29. The van der Waals surface area contributed by atoms with E-state index in [9.17, 15) is 0 Å². The van der Waals surface area contributed by atoms with Crippen molar-refractivity contribution in [3.63, 3.8) is 0 Å². The molecule has 0 spiro atoms. The summed E-state index contributed by atoms with van der Waals surface area (Å²) in [7, 11) is 0. The molecule has 0 aromatic carbocycles. The van der Waals surface area contributed by atoms with E-state index in [2.05, 4.69) is 13.8 Å². The monoisotopic (exact) mass is 256 g/mol. The van der Waals surface area contributed by atoms with Gasteiger partial charge in [0.15, 0.2) is 0 Å². The van der Waals surface area contributed by atoms with Crippen LogP contribution < -0.4 is 11.5 Å². The van der Waals surface area contributed by atoms with E-state index in [-0.39, 0.29) is 0 Å². The van der Waals surface area contributed by atoms with Crippen molar-refractivity contribution in [2.24, 2.45) is 11.5 Å². The lowest BCUT2D eigenvalue weighted by Crippen LogP contribution is -2.76. The summed E-state index contributed by atoms with van der Waals surface area (Å²) >= 11 is 0. The Morgan fingerprint density at radius 3 is 1.94 bits per heavy atom. The molecule has 4 N–H and O–H groups in total. The molecule has 0 aromatic rings. The molecule has 4 nitrogen and oxygen atoms in total. The lowest BCUT2D eigenvalue weighted by molar-refractivity contribution is -1.09. The molecule has 0 aliphatic carbocycles. The smallest absolute Gasteiger partial charge is 0.129 e. The molecule has 1 unspecified atom stereocenters. The average Bonchev–Trinajstić information content (AvgIpc) is 2.39. The summed E-state index contributed by atoms with van der Waals surface area (Å²) in [4.78, 5) is 0. The first-order valence-corrected chi connectivity index (χ1v) is 7.68. The van der Waals surface area contributed by atoms with Crippen LogP contribution in [-0.4, -0.2) is 73.4 Å². The summed E-state index contributed by atoms with van der Waals surface area (Å²) in [5.41, 5.74) is 11.7. The molecule has 1 atom stereocenters. The zero-order valence-corrected chi connectivity index (χ0v) is 12.3. The zero-order valence-electron chi connectivity index (χ0n) is 12.3. The summed E-state index contributed by atoms with van der Waals surface area (Å²) in [6.07, 6.45) is 2.13. The van der Waals surface area contributed by atoms with E-state index in [0.29, 0.717) is 6.04 Å². The van der Waals surface area contributed by atoms with Gasteiger partial charge in [0, 0.05) is 12.5 Å². The topological polar surface area (TPSA) is 52.0 Å². The van der Waals surface area contributed by atoms with Crippen molar-refractivity contribution < 1.29 is 8.97 Å². The number of nitrogens with zero attached hydrogens (tertiary/aromatic N) is 2. The maximum atomic E-state index is 6.11. The van der Waals surface area contributed by atoms with Crippen molar-refractivity contribution in [3.8, 4) is 0 Å². The van der Waals surface area contributed by atoms with Crippen LogP contribution in [0.5, 0.6) is 0 Å². The van der Waals surface area contributed by atoms with Gasteiger partial charge in [0.25, 0.3) is 0 Å². The minimum atomic E-state index is 0.315. The van der Waals surface area contributed by atoms with Gasteiger partial charge in [-0.15, -0.1) is 0 Å². The lowest BCUT2D eigenvalue weighted by atomic mass is 10.0. The normalized spacial score (nSPS) is 37.2. The highest BCUT2D eigenvalue weighted by Gasteiger charge is 2.49. The molecular weight excluding hydrogens is 224 g/mol. The van der Waals surface area contributed by atoms with Crippen LogP contribution in [0.25, 0.3) is 0 Å². The Morgan fingerprint density at radius 2 is 1.50 bits per heavy atom. The van der Waals surface area contributed by atoms with Gasteiger partial charge in [-0.2, -0.15) is 0 Å². The third-order valence-electron chi connectivity index (χ3n) is 5.67. The molecule has 18 heavy (non-hydrogen) atoms. The first-order valence-electron chi connectivity index (χ1n) is 7.68. The summed E-state index contributed by atoms with van der Waals surface area (Å²) in [5.74, 6) is 0. The summed E-state index contributed by atoms with van der Waals surface area (Å²) in [6, 6.07) is 1.11. The fourth-order valence-electron chi connectivity index (χ4n) is 3.81. The minimum Gasteiger partial charge on any atom is -0.330 e. The zero-order chi connectivity index (χ0) is 13.2. The highest BCUT2D eigenvalue weighted by atomic mass is 15.5. The van der Waals surface area contributed by atoms with Crippen LogP contribution in [0, 0.1) is 0 Å². The van der Waals surface area contributed by atoms with Crippen LogP contribution in [0.15, 0.2) is 0 Å². The predicted molar refractivity (Wildman–Crippen MR) is 76.0 cm³/mol. The maximum absolute atomic E-state index is 6.11. The van der Waals surface area contributed by atoms with Crippen molar-refractivity contribution in [1.82, 2.24) is 0 Å². The molecule has 2 bridgehead atoms. The van der Waals surface area contributed by atoms with Gasteiger partial charge in [-0.25, -0.2) is 0 Å². The second-order valence-electron chi connectivity index (χ2n) is 6.85. The number of fused-ring (bicyclic) bond motifs is 3. The van der Waals surface area contributed by atoms with Crippen LogP contribution in [0.3, 0.4) is 0 Å². The number of quaternary nitrogens is 2. The lowest BCUT2D eigenvalue weighted by Gasteiger charge is -2.57. The van der Waals surface area contributed by atoms with Gasteiger partial charge in [-0.3, -0.25) is 0 Å². The first-order chi connectivity index (χ1) is 8.52. The SMILES string of the molecule is CC(C)[N+]12CC[N+](CCC(N)CCN)(CC1)CC2. The number of nitrogens with two attached hydrogens (primary N) is 2. The average molecular weight is 256 g/mol. The van der Waals surface area contributed by atoms with Crippen LogP contribution in [0.4, 0.5) is 0 Å². The molecule has 4 heteroatoms. The van der Waals surface area contributed by atoms with Crippen molar-refractivity contribution >= 4 is 0 Å². The van der Waals surface area contributed by atoms with Crippen molar-refractivity contribution in [2.75, 3.05) is 52.4 Å². The molecule has 3 aliphatic heterocycles. The predicted octanol–water partition coefficient (Wildman–Crippen LogP) is 0.122. The Morgan fingerprint density at radius 1 is 0.944 bits per heavy atom. The highest BCUT2D eigenvalue weighted by molar-refractivity contribution is 4.67. The van der Waals surface area contributed by atoms with E-state index in [0.717, 1.165) is 25.4 Å². The Labute approximate surface area is 112 Å². The Hall–Kier alpha value is -0.160. The van der Waals surface area contributed by atoms with E-state index < -0.39 is 0 Å². The molecular formula is C14H32N4+2. The van der Waals surface area contributed by atoms with Gasteiger partial charge < -0.3 is 20.4 Å². The van der Waals surface area contributed by atoms with Gasteiger partial charge in [0.2, 0.25) is 0 Å². The third kappa shape index (κ3) is 2.72. The van der Waals surface area contributed by atoms with Crippen LogP contribution in [0.1, 0.15) is 26.7 Å². The maximum Gasteiger partial charge on any atom is 0.129 e. The van der Waals surface area contributed by atoms with Gasteiger partial charge in [0.05, 0.1) is 12.6 Å². The number of hydrogen-bond acceptors (Lipinski definition) is 2. The van der Waals surface area contributed by atoms with E-state index in [1.54, 1.807) is 0 Å². The van der Waals surface area contributed by atoms with Crippen molar-refractivity contribution in [2.45, 2.75) is 38.8 Å². The molecule has 0 amide bonds. The number of rotatable bonds is 6. The van der Waals surface area contributed by atoms with Gasteiger partial charge in [-0.05, 0) is 26.8 Å². The summed E-state index contributed by atoms with van der Waals surface area (Å²) in [6.45, 7) is 15.0. The van der Waals surface area contributed by atoms with Gasteiger partial charge in [-0.1, -0.05) is 0 Å². The molecule has 3 aliphatic rings. The minimum absolute atomic E-state index is 0.315. The van der Waals surface area contributed by atoms with Crippen LogP contribution in [0.2, 0.25) is 0 Å². The van der Waals surface area contributed by atoms with E-state index >= 15 is 0 Å². The van der Waals surface area contributed by atoms with Crippen LogP contribution in [-0.2, 0) is 0 Å². The molecule has 3 fully saturated rings. The standard InChI is InChI=1S/C14H32N4/c1-13(2)18-10-7-17(8-11-18,9-12-18)6-4-14(16)3-5-15/h13-14H,3-12,15-16H2,1-2H3/q+2. The largest absolute Gasteiger partial charge is 0.330 e. The number of hydrogen-bond donors (Lipinski definition) is 2. The van der Waals surface area contributed by atoms with E-state index in [4.69, 9.17) is 11.5 Å². The molecule has 0 saturated carbocycles. The second kappa shape index (κ2) is 5.45. The summed E-state index contributed by atoms with van der Waals surface area (Å²) < 4.78 is 2.71. The molecule has 3 heterocycles. The van der Waals surface area contributed by atoms with E-state index in [1.165, 1.54) is 54.8 Å². The summed E-state index contributed by atoms with van der Waals surface area (Å²) in [5, 5.41) is 0. The Balaban J connectivity index is 1.85. The van der Waals surface area contributed by atoms with E-state index in [1.807, 2.05) is 0 Å². The quantitative estimate of drug-likeness (QED) is 0.663. The Bertz CT molecular complexity index is 252. The van der Waals surface area contributed by atoms with Crippen LogP contribution >= 0.6 is 0 Å². The van der Waals surface area contributed by atoms with Gasteiger partial charge in [0.1, 0.15) is 39.3 Å². The Kier molecular flexibility index (Phi) is 4.32. The first kappa shape index (κ1) is 14.3. The fraction of sp³-hybridized carbons (Fsp3) is 1.00. The second-order valence-corrected chi connectivity index (χ2v) is 6.85. The van der Waals surface area contributed by atoms with Crippen molar-refractivity contribution in [3.05, 3.63) is 0 Å². The fourth-order valence-corrected chi connectivity index (χ4v) is 3.81. The third-order valence-corrected chi connectivity index (χ3v) is 5.67. The van der Waals surface area contributed by atoms with Gasteiger partial charge >= 0.3 is 0 Å². The molecule has 3 saturated heterocycles. The van der Waals surface area contributed by atoms with Crippen molar-refractivity contribution in [1.29, 1.82) is 0 Å². The molecule has 106 valence electrons.